The summed E-state index contributed by atoms with van der Waals surface area (Å²) in [6, 6.07) is 9.35. The summed E-state index contributed by atoms with van der Waals surface area (Å²) in [6.45, 7) is 7.53. The van der Waals surface area contributed by atoms with Crippen molar-refractivity contribution in [1.29, 1.82) is 0 Å². The standard InChI is InChI=1S/C21H29N3O3S/c1-14(2)24(15(3)4)28(25,26)16-9-12-21(22-13-16)23-19-11-10-18-17(19)7-6-8-20(18)27-5/h6-9,12-15,19H,10-11H2,1-5H3,(H,22,23). The van der Waals surface area contributed by atoms with Gasteiger partial charge in [0.1, 0.15) is 16.5 Å². The van der Waals surface area contributed by atoms with E-state index in [1.165, 1.54) is 21.6 Å². The minimum Gasteiger partial charge on any atom is -0.496 e. The lowest BCUT2D eigenvalue weighted by molar-refractivity contribution is 0.302. The molecule has 0 spiro atoms. The maximum atomic E-state index is 13.0. The van der Waals surface area contributed by atoms with Gasteiger partial charge in [-0.15, -0.1) is 0 Å². The highest BCUT2D eigenvalue weighted by molar-refractivity contribution is 7.89. The van der Waals surface area contributed by atoms with Gasteiger partial charge < -0.3 is 10.1 Å². The lowest BCUT2D eigenvalue weighted by Crippen LogP contribution is -2.41. The molecular formula is C21H29N3O3S. The van der Waals surface area contributed by atoms with Gasteiger partial charge in [-0.1, -0.05) is 12.1 Å². The molecule has 1 aliphatic carbocycles. The molecular weight excluding hydrogens is 374 g/mol. The fraction of sp³-hybridized carbons (Fsp3) is 0.476. The van der Waals surface area contributed by atoms with Gasteiger partial charge in [-0.25, -0.2) is 13.4 Å². The predicted octanol–water partition coefficient (Wildman–Crippen LogP) is 4.00. The second-order valence-corrected chi connectivity index (χ2v) is 9.51. The highest BCUT2D eigenvalue weighted by atomic mass is 32.2. The van der Waals surface area contributed by atoms with Crippen LogP contribution in [-0.2, 0) is 16.4 Å². The summed E-state index contributed by atoms with van der Waals surface area (Å²) in [5.74, 6) is 1.58. The summed E-state index contributed by atoms with van der Waals surface area (Å²) in [5.41, 5.74) is 2.44. The molecule has 0 saturated carbocycles. The number of aromatic nitrogens is 1. The first-order valence-electron chi connectivity index (χ1n) is 9.67. The molecule has 0 amide bonds. The first-order valence-corrected chi connectivity index (χ1v) is 11.1. The minimum atomic E-state index is -3.57. The van der Waals surface area contributed by atoms with Crippen LogP contribution in [0.3, 0.4) is 0 Å². The summed E-state index contributed by atoms with van der Waals surface area (Å²) in [7, 11) is -1.89. The van der Waals surface area contributed by atoms with Gasteiger partial charge in [-0.05, 0) is 69.9 Å². The van der Waals surface area contributed by atoms with Gasteiger partial charge in [-0.2, -0.15) is 4.31 Å². The Bertz CT molecular complexity index is 916. The molecule has 6 nitrogen and oxygen atoms in total. The number of hydrogen-bond donors (Lipinski definition) is 1. The zero-order valence-electron chi connectivity index (χ0n) is 17.1. The van der Waals surface area contributed by atoms with Gasteiger partial charge >= 0.3 is 0 Å². The van der Waals surface area contributed by atoms with Crippen LogP contribution in [0.5, 0.6) is 5.75 Å². The van der Waals surface area contributed by atoms with Gasteiger partial charge in [0.25, 0.3) is 0 Å². The number of hydrogen-bond acceptors (Lipinski definition) is 5. The molecule has 2 aromatic rings. The zero-order chi connectivity index (χ0) is 20.5. The Morgan fingerprint density at radius 2 is 1.86 bits per heavy atom. The average molecular weight is 404 g/mol. The first kappa shape index (κ1) is 20.6. The number of pyridine rings is 1. The van der Waals surface area contributed by atoms with Crippen LogP contribution in [0.15, 0.2) is 41.4 Å². The van der Waals surface area contributed by atoms with E-state index in [4.69, 9.17) is 4.74 Å². The van der Waals surface area contributed by atoms with Crippen LogP contribution in [0.1, 0.15) is 51.3 Å². The molecule has 7 heteroatoms. The summed E-state index contributed by atoms with van der Waals surface area (Å²) in [5, 5.41) is 3.43. The number of nitrogens with zero attached hydrogens (tertiary/aromatic N) is 2. The van der Waals surface area contributed by atoms with Gasteiger partial charge in [0, 0.05) is 18.3 Å². The Hall–Kier alpha value is -2.12. The molecule has 0 saturated heterocycles. The summed E-state index contributed by atoms with van der Waals surface area (Å²) in [6.07, 6.45) is 3.34. The molecule has 152 valence electrons. The van der Waals surface area contributed by atoms with E-state index in [0.717, 1.165) is 18.6 Å². The third kappa shape index (κ3) is 3.86. The molecule has 0 fully saturated rings. The lowest BCUT2D eigenvalue weighted by atomic mass is 10.1. The van der Waals surface area contributed by atoms with Crippen molar-refractivity contribution in [3.63, 3.8) is 0 Å². The number of anilines is 1. The number of fused-ring (bicyclic) bond motifs is 1. The topological polar surface area (TPSA) is 71.5 Å². The van der Waals surface area contributed by atoms with Crippen LogP contribution in [0.25, 0.3) is 0 Å². The Morgan fingerprint density at radius 3 is 2.43 bits per heavy atom. The predicted molar refractivity (Wildman–Crippen MR) is 111 cm³/mol. The third-order valence-electron chi connectivity index (χ3n) is 5.10. The largest absolute Gasteiger partial charge is 0.496 e. The van der Waals surface area contributed by atoms with Crippen molar-refractivity contribution < 1.29 is 13.2 Å². The fourth-order valence-electron chi connectivity index (χ4n) is 4.03. The maximum absolute atomic E-state index is 13.0. The third-order valence-corrected chi connectivity index (χ3v) is 7.33. The molecule has 0 aliphatic heterocycles. The molecule has 1 heterocycles. The number of methoxy groups -OCH3 is 1. The maximum Gasteiger partial charge on any atom is 0.245 e. The molecule has 1 unspecified atom stereocenters. The number of ether oxygens (including phenoxy) is 1. The van der Waals surface area contributed by atoms with Crippen LogP contribution in [0.4, 0.5) is 5.82 Å². The van der Waals surface area contributed by atoms with Gasteiger partial charge in [0.05, 0.1) is 13.2 Å². The monoisotopic (exact) mass is 403 g/mol. The second kappa shape index (κ2) is 8.09. The minimum absolute atomic E-state index is 0.118. The van der Waals surface area contributed by atoms with Crippen molar-refractivity contribution >= 4 is 15.8 Å². The van der Waals surface area contributed by atoms with Crippen molar-refractivity contribution in [2.45, 2.75) is 63.6 Å². The van der Waals surface area contributed by atoms with Crippen molar-refractivity contribution in [2.75, 3.05) is 12.4 Å². The summed E-state index contributed by atoms with van der Waals surface area (Å²) < 4.78 is 32.9. The van der Waals surface area contributed by atoms with Crippen molar-refractivity contribution in [2.24, 2.45) is 0 Å². The smallest absolute Gasteiger partial charge is 0.245 e. The average Bonchev–Trinajstić information content (AvgIpc) is 3.04. The molecule has 1 N–H and O–H groups in total. The highest BCUT2D eigenvalue weighted by Gasteiger charge is 2.30. The van der Waals surface area contributed by atoms with Crippen LogP contribution in [0, 0.1) is 0 Å². The molecule has 0 radical (unpaired) electrons. The molecule has 1 atom stereocenters. The van der Waals surface area contributed by atoms with Gasteiger partial charge in [0.15, 0.2) is 0 Å². The van der Waals surface area contributed by atoms with E-state index >= 15 is 0 Å². The van der Waals surface area contributed by atoms with Crippen LogP contribution in [0.2, 0.25) is 0 Å². The van der Waals surface area contributed by atoms with Gasteiger partial charge in [-0.3, -0.25) is 0 Å². The number of sulfonamides is 1. The molecule has 1 aliphatic rings. The van der Waals surface area contributed by atoms with Crippen LogP contribution >= 0.6 is 0 Å². The quantitative estimate of drug-likeness (QED) is 0.757. The van der Waals surface area contributed by atoms with E-state index in [1.807, 2.05) is 39.8 Å². The lowest BCUT2D eigenvalue weighted by Gasteiger charge is -2.29. The van der Waals surface area contributed by atoms with Crippen molar-refractivity contribution in [1.82, 2.24) is 9.29 Å². The second-order valence-electron chi connectivity index (χ2n) is 7.67. The van der Waals surface area contributed by atoms with E-state index < -0.39 is 10.0 Å². The highest BCUT2D eigenvalue weighted by Crippen LogP contribution is 2.38. The zero-order valence-corrected chi connectivity index (χ0v) is 18.0. The van der Waals surface area contributed by atoms with Crippen LogP contribution < -0.4 is 10.1 Å². The SMILES string of the molecule is COc1cccc2c1CCC2Nc1ccc(S(=O)(=O)N(C(C)C)C(C)C)cn1. The first-order chi connectivity index (χ1) is 13.3. The molecule has 1 aromatic carbocycles. The van der Waals surface area contributed by atoms with E-state index in [-0.39, 0.29) is 23.0 Å². The Balaban J connectivity index is 1.80. The van der Waals surface area contributed by atoms with Crippen LogP contribution in [-0.4, -0.2) is 36.9 Å². The van der Waals surface area contributed by atoms with Gasteiger partial charge in [0.2, 0.25) is 10.0 Å². The van der Waals surface area contributed by atoms with E-state index in [9.17, 15) is 8.42 Å². The van der Waals surface area contributed by atoms with E-state index in [1.54, 1.807) is 19.2 Å². The fourth-order valence-corrected chi connectivity index (χ4v) is 5.81. The Kier molecular flexibility index (Phi) is 5.95. The number of nitrogens with one attached hydrogen (secondary N) is 1. The Morgan fingerprint density at radius 1 is 1.14 bits per heavy atom. The number of benzene rings is 1. The number of rotatable bonds is 7. The summed E-state index contributed by atoms with van der Waals surface area (Å²) >= 11 is 0. The normalized spacial score (nSPS) is 16.6. The van der Waals surface area contributed by atoms with E-state index in [2.05, 4.69) is 16.4 Å². The van der Waals surface area contributed by atoms with Crippen molar-refractivity contribution in [3.05, 3.63) is 47.7 Å². The molecule has 3 rings (SSSR count). The molecule has 1 aromatic heterocycles. The van der Waals surface area contributed by atoms with Crippen molar-refractivity contribution in [3.8, 4) is 5.75 Å². The van der Waals surface area contributed by atoms with E-state index in [0.29, 0.717) is 5.82 Å². The molecule has 28 heavy (non-hydrogen) atoms. The molecule has 0 bridgehead atoms. The summed E-state index contributed by atoms with van der Waals surface area (Å²) in [4.78, 5) is 4.59. The Labute approximate surface area is 168 Å².